The second-order valence-corrected chi connectivity index (χ2v) is 5.84. The lowest BCUT2D eigenvalue weighted by molar-refractivity contribution is -0.131. The molecule has 3 rings (SSSR count). The molecule has 0 radical (unpaired) electrons. The number of carbonyl (C=O) groups excluding carboxylic acids is 1. The minimum absolute atomic E-state index is 0.212. The third kappa shape index (κ3) is 2.90. The second kappa shape index (κ2) is 6.32. The molecule has 1 amide bonds. The first-order chi connectivity index (χ1) is 10.7. The standard InChI is InChI=1S/C19H21NO2/c1-2-6-18(21)20-12-16-10-9-15(11-17(16)13-20)19(22)14-7-4-3-5-8-14/h3-5,7-11,19,22H,2,6,12-13H2,1H3. The fourth-order valence-corrected chi connectivity index (χ4v) is 2.96. The first-order valence-corrected chi connectivity index (χ1v) is 7.81. The van der Waals surface area contributed by atoms with E-state index >= 15 is 0 Å². The molecule has 22 heavy (non-hydrogen) atoms. The summed E-state index contributed by atoms with van der Waals surface area (Å²) in [4.78, 5) is 13.9. The van der Waals surface area contributed by atoms with Crippen molar-refractivity contribution in [2.75, 3.05) is 0 Å². The lowest BCUT2D eigenvalue weighted by Gasteiger charge is -2.14. The summed E-state index contributed by atoms with van der Waals surface area (Å²) in [6, 6.07) is 15.7. The Labute approximate surface area is 131 Å². The summed E-state index contributed by atoms with van der Waals surface area (Å²) in [7, 11) is 0. The third-order valence-electron chi connectivity index (χ3n) is 4.20. The van der Waals surface area contributed by atoms with Gasteiger partial charge in [0.1, 0.15) is 6.10 Å². The van der Waals surface area contributed by atoms with Gasteiger partial charge in [-0.3, -0.25) is 4.79 Å². The van der Waals surface area contributed by atoms with Gasteiger partial charge in [0.05, 0.1) is 0 Å². The van der Waals surface area contributed by atoms with Crippen LogP contribution in [-0.4, -0.2) is 15.9 Å². The summed E-state index contributed by atoms with van der Waals surface area (Å²) in [6.45, 7) is 3.37. The lowest BCUT2D eigenvalue weighted by Crippen LogP contribution is -2.24. The van der Waals surface area contributed by atoms with E-state index in [1.807, 2.05) is 60.4 Å². The fourth-order valence-electron chi connectivity index (χ4n) is 2.96. The molecule has 1 N–H and O–H groups in total. The predicted octanol–water partition coefficient (Wildman–Crippen LogP) is 3.41. The normalized spacial score (nSPS) is 14.7. The van der Waals surface area contributed by atoms with E-state index in [-0.39, 0.29) is 5.91 Å². The van der Waals surface area contributed by atoms with Crippen LogP contribution < -0.4 is 0 Å². The average molecular weight is 295 g/mol. The summed E-state index contributed by atoms with van der Waals surface area (Å²) in [5.41, 5.74) is 4.11. The lowest BCUT2D eigenvalue weighted by atomic mass is 9.98. The monoisotopic (exact) mass is 295 g/mol. The highest BCUT2D eigenvalue weighted by Gasteiger charge is 2.23. The Hall–Kier alpha value is -2.13. The van der Waals surface area contributed by atoms with Crippen molar-refractivity contribution in [1.82, 2.24) is 4.90 Å². The topological polar surface area (TPSA) is 40.5 Å². The zero-order chi connectivity index (χ0) is 15.5. The Balaban J connectivity index is 1.79. The molecule has 1 aliphatic heterocycles. The predicted molar refractivity (Wildman–Crippen MR) is 86.1 cm³/mol. The van der Waals surface area contributed by atoms with Gasteiger partial charge in [-0.15, -0.1) is 0 Å². The van der Waals surface area contributed by atoms with E-state index in [9.17, 15) is 9.90 Å². The van der Waals surface area contributed by atoms with E-state index in [0.29, 0.717) is 19.5 Å². The quantitative estimate of drug-likeness (QED) is 0.939. The molecule has 2 aromatic carbocycles. The van der Waals surface area contributed by atoms with Crippen LogP contribution in [0.3, 0.4) is 0 Å². The van der Waals surface area contributed by atoms with Crippen LogP contribution in [0.2, 0.25) is 0 Å². The van der Waals surface area contributed by atoms with Crippen molar-refractivity contribution in [2.24, 2.45) is 0 Å². The highest BCUT2D eigenvalue weighted by Crippen LogP contribution is 2.29. The molecule has 0 saturated carbocycles. The first-order valence-electron chi connectivity index (χ1n) is 7.81. The van der Waals surface area contributed by atoms with Crippen LogP contribution in [0.25, 0.3) is 0 Å². The van der Waals surface area contributed by atoms with Crippen LogP contribution in [0.5, 0.6) is 0 Å². The number of aliphatic hydroxyl groups is 1. The number of aliphatic hydroxyl groups excluding tert-OH is 1. The van der Waals surface area contributed by atoms with Crippen molar-refractivity contribution >= 4 is 5.91 Å². The molecule has 3 nitrogen and oxygen atoms in total. The Morgan fingerprint density at radius 2 is 1.82 bits per heavy atom. The second-order valence-electron chi connectivity index (χ2n) is 5.84. The van der Waals surface area contributed by atoms with Crippen LogP contribution in [-0.2, 0) is 17.9 Å². The summed E-state index contributed by atoms with van der Waals surface area (Å²) in [5.74, 6) is 0.212. The number of benzene rings is 2. The molecule has 0 saturated heterocycles. The van der Waals surface area contributed by atoms with Crippen molar-refractivity contribution in [3.63, 3.8) is 0 Å². The SMILES string of the molecule is CCCC(=O)N1Cc2ccc(C(O)c3ccccc3)cc2C1. The van der Waals surface area contributed by atoms with Crippen molar-refractivity contribution < 1.29 is 9.90 Å². The highest BCUT2D eigenvalue weighted by molar-refractivity contribution is 5.76. The van der Waals surface area contributed by atoms with Gasteiger partial charge in [0.25, 0.3) is 0 Å². The molecular formula is C19H21NO2. The van der Waals surface area contributed by atoms with E-state index in [1.54, 1.807) is 0 Å². The summed E-state index contributed by atoms with van der Waals surface area (Å²) in [6.07, 6.45) is 0.865. The molecule has 0 aromatic heterocycles. The fraction of sp³-hybridized carbons (Fsp3) is 0.316. The van der Waals surface area contributed by atoms with Gasteiger partial charge in [-0.05, 0) is 28.7 Å². The summed E-state index contributed by atoms with van der Waals surface area (Å²) >= 11 is 0. The molecule has 1 aliphatic rings. The zero-order valence-corrected chi connectivity index (χ0v) is 12.8. The number of nitrogens with zero attached hydrogens (tertiary/aromatic N) is 1. The molecule has 0 bridgehead atoms. The number of hydrogen-bond donors (Lipinski definition) is 1. The molecule has 3 heteroatoms. The van der Waals surface area contributed by atoms with Gasteiger partial charge in [0, 0.05) is 19.5 Å². The van der Waals surface area contributed by atoms with Crippen molar-refractivity contribution in [2.45, 2.75) is 39.0 Å². The van der Waals surface area contributed by atoms with Crippen LogP contribution in [0, 0.1) is 0 Å². The number of carbonyl (C=O) groups is 1. The van der Waals surface area contributed by atoms with Crippen LogP contribution in [0.15, 0.2) is 48.5 Å². The van der Waals surface area contributed by atoms with Gasteiger partial charge in [-0.2, -0.15) is 0 Å². The molecule has 0 fully saturated rings. The Morgan fingerprint density at radius 1 is 1.09 bits per heavy atom. The average Bonchev–Trinajstić information content (AvgIpc) is 2.98. The Morgan fingerprint density at radius 3 is 2.55 bits per heavy atom. The number of rotatable bonds is 4. The molecular weight excluding hydrogens is 274 g/mol. The number of fused-ring (bicyclic) bond motifs is 1. The third-order valence-corrected chi connectivity index (χ3v) is 4.20. The van der Waals surface area contributed by atoms with Gasteiger partial charge in [0.2, 0.25) is 5.91 Å². The molecule has 1 unspecified atom stereocenters. The van der Waals surface area contributed by atoms with E-state index in [1.165, 1.54) is 5.56 Å². The Kier molecular flexibility index (Phi) is 4.25. The molecule has 2 aromatic rings. The molecule has 1 atom stereocenters. The zero-order valence-electron chi connectivity index (χ0n) is 12.8. The highest BCUT2D eigenvalue weighted by atomic mass is 16.3. The number of hydrogen-bond acceptors (Lipinski definition) is 2. The maximum Gasteiger partial charge on any atom is 0.223 e. The summed E-state index contributed by atoms with van der Waals surface area (Å²) < 4.78 is 0. The van der Waals surface area contributed by atoms with E-state index in [2.05, 4.69) is 0 Å². The minimum atomic E-state index is -0.619. The van der Waals surface area contributed by atoms with E-state index < -0.39 is 6.10 Å². The molecule has 0 aliphatic carbocycles. The maximum atomic E-state index is 12.0. The van der Waals surface area contributed by atoms with Gasteiger partial charge in [0.15, 0.2) is 0 Å². The van der Waals surface area contributed by atoms with Gasteiger partial charge >= 0.3 is 0 Å². The van der Waals surface area contributed by atoms with Crippen molar-refractivity contribution in [1.29, 1.82) is 0 Å². The summed E-state index contributed by atoms with van der Waals surface area (Å²) in [5, 5.41) is 10.5. The van der Waals surface area contributed by atoms with Gasteiger partial charge < -0.3 is 10.0 Å². The van der Waals surface area contributed by atoms with Crippen LogP contribution in [0.4, 0.5) is 0 Å². The van der Waals surface area contributed by atoms with Gasteiger partial charge in [-0.1, -0.05) is 55.5 Å². The van der Waals surface area contributed by atoms with E-state index in [4.69, 9.17) is 0 Å². The maximum absolute atomic E-state index is 12.0. The largest absolute Gasteiger partial charge is 0.384 e. The van der Waals surface area contributed by atoms with Crippen LogP contribution >= 0.6 is 0 Å². The van der Waals surface area contributed by atoms with Gasteiger partial charge in [-0.25, -0.2) is 0 Å². The first kappa shape index (κ1) is 14.8. The van der Waals surface area contributed by atoms with Crippen molar-refractivity contribution in [3.05, 3.63) is 70.8 Å². The molecule has 114 valence electrons. The minimum Gasteiger partial charge on any atom is -0.384 e. The van der Waals surface area contributed by atoms with Crippen molar-refractivity contribution in [3.8, 4) is 0 Å². The van der Waals surface area contributed by atoms with Crippen LogP contribution in [0.1, 0.15) is 48.1 Å². The van der Waals surface area contributed by atoms with E-state index in [0.717, 1.165) is 23.1 Å². The Bertz CT molecular complexity index is 666. The number of amides is 1. The molecule has 1 heterocycles. The molecule has 0 spiro atoms. The smallest absolute Gasteiger partial charge is 0.223 e.